The Balaban J connectivity index is 1.84. The summed E-state index contributed by atoms with van der Waals surface area (Å²) in [6.07, 6.45) is 0.823. The number of carbonyl (C=O) groups excluding carboxylic acids is 1. The van der Waals surface area contributed by atoms with E-state index in [4.69, 9.17) is 4.74 Å². The number of amides is 1. The van der Waals surface area contributed by atoms with E-state index in [-0.39, 0.29) is 11.9 Å². The van der Waals surface area contributed by atoms with E-state index < -0.39 is 5.41 Å². The summed E-state index contributed by atoms with van der Waals surface area (Å²) in [6, 6.07) is 16.2. The first kappa shape index (κ1) is 14.3. The SMILES string of the molecule is COc1ccc([C@@H]2NCC[C@@]23C(=O)N(C)c2ccccc23)cc1. The van der Waals surface area contributed by atoms with Crippen LogP contribution in [-0.4, -0.2) is 26.6 Å². The highest BCUT2D eigenvalue weighted by atomic mass is 16.5. The number of likely N-dealkylation sites (N-methyl/N-ethyl adjacent to an activating group) is 1. The molecule has 0 saturated carbocycles. The highest BCUT2D eigenvalue weighted by Crippen LogP contribution is 2.52. The third kappa shape index (κ3) is 1.85. The van der Waals surface area contributed by atoms with Gasteiger partial charge in [0, 0.05) is 12.7 Å². The zero-order valence-corrected chi connectivity index (χ0v) is 13.4. The fraction of sp³-hybridized carbons (Fsp3) is 0.316. The molecule has 4 nitrogen and oxygen atoms in total. The Morgan fingerprint density at radius 3 is 2.65 bits per heavy atom. The van der Waals surface area contributed by atoms with Gasteiger partial charge in [0.15, 0.2) is 0 Å². The number of fused-ring (bicyclic) bond motifs is 2. The number of ether oxygens (including phenoxy) is 1. The molecule has 1 fully saturated rings. The van der Waals surface area contributed by atoms with Crippen molar-refractivity contribution in [3.8, 4) is 5.75 Å². The van der Waals surface area contributed by atoms with E-state index in [1.165, 1.54) is 0 Å². The van der Waals surface area contributed by atoms with Gasteiger partial charge in [0.25, 0.3) is 0 Å². The Morgan fingerprint density at radius 1 is 1.17 bits per heavy atom. The molecule has 2 heterocycles. The van der Waals surface area contributed by atoms with Crippen molar-refractivity contribution in [2.75, 3.05) is 25.6 Å². The number of benzene rings is 2. The Bertz CT molecular complexity index is 756. The number of methoxy groups -OCH3 is 1. The van der Waals surface area contributed by atoms with Gasteiger partial charge in [-0.05, 0) is 42.3 Å². The maximum absolute atomic E-state index is 13.2. The third-order valence-corrected chi connectivity index (χ3v) is 5.24. The highest BCUT2D eigenvalue weighted by molar-refractivity contribution is 6.08. The first-order valence-electron chi connectivity index (χ1n) is 7.93. The van der Waals surface area contributed by atoms with Crippen molar-refractivity contribution in [1.29, 1.82) is 0 Å². The van der Waals surface area contributed by atoms with Gasteiger partial charge in [-0.3, -0.25) is 4.79 Å². The summed E-state index contributed by atoms with van der Waals surface area (Å²) < 4.78 is 5.25. The van der Waals surface area contributed by atoms with Crippen LogP contribution in [0.1, 0.15) is 23.6 Å². The molecule has 1 spiro atoms. The van der Waals surface area contributed by atoms with Gasteiger partial charge in [0.2, 0.25) is 5.91 Å². The average molecular weight is 308 g/mol. The molecular formula is C19H20N2O2. The molecule has 1 N–H and O–H groups in total. The van der Waals surface area contributed by atoms with Crippen molar-refractivity contribution >= 4 is 11.6 Å². The quantitative estimate of drug-likeness (QED) is 0.927. The van der Waals surface area contributed by atoms with Gasteiger partial charge in [-0.1, -0.05) is 30.3 Å². The Hall–Kier alpha value is -2.33. The summed E-state index contributed by atoms with van der Waals surface area (Å²) in [5.74, 6) is 1.01. The van der Waals surface area contributed by atoms with E-state index in [2.05, 4.69) is 23.5 Å². The number of para-hydroxylation sites is 1. The van der Waals surface area contributed by atoms with E-state index in [1.54, 1.807) is 12.0 Å². The molecule has 0 radical (unpaired) electrons. The van der Waals surface area contributed by atoms with Crippen LogP contribution >= 0.6 is 0 Å². The van der Waals surface area contributed by atoms with Gasteiger partial charge in [-0.2, -0.15) is 0 Å². The number of nitrogens with zero attached hydrogens (tertiary/aromatic N) is 1. The summed E-state index contributed by atoms with van der Waals surface area (Å²) in [5.41, 5.74) is 2.79. The fourth-order valence-corrected chi connectivity index (χ4v) is 4.12. The molecule has 2 aromatic rings. The molecule has 1 amide bonds. The van der Waals surface area contributed by atoms with Gasteiger partial charge >= 0.3 is 0 Å². The molecule has 4 heteroatoms. The van der Waals surface area contributed by atoms with Crippen LogP contribution in [0.25, 0.3) is 0 Å². The van der Waals surface area contributed by atoms with E-state index in [0.29, 0.717) is 0 Å². The first-order chi connectivity index (χ1) is 11.2. The predicted molar refractivity (Wildman–Crippen MR) is 89.9 cm³/mol. The van der Waals surface area contributed by atoms with Crippen LogP contribution in [0.3, 0.4) is 0 Å². The van der Waals surface area contributed by atoms with E-state index >= 15 is 0 Å². The number of hydrogen-bond acceptors (Lipinski definition) is 3. The van der Waals surface area contributed by atoms with Gasteiger partial charge in [-0.15, -0.1) is 0 Å². The largest absolute Gasteiger partial charge is 0.497 e. The van der Waals surface area contributed by atoms with Crippen LogP contribution in [0.2, 0.25) is 0 Å². The normalized spacial score (nSPS) is 25.9. The topological polar surface area (TPSA) is 41.6 Å². The molecule has 0 aliphatic carbocycles. The van der Waals surface area contributed by atoms with E-state index in [0.717, 1.165) is 35.5 Å². The Kier molecular flexibility index (Phi) is 3.16. The molecule has 1 saturated heterocycles. The van der Waals surface area contributed by atoms with Crippen molar-refractivity contribution in [3.05, 3.63) is 59.7 Å². The van der Waals surface area contributed by atoms with Crippen LogP contribution < -0.4 is 15.0 Å². The lowest BCUT2D eigenvalue weighted by Crippen LogP contribution is -2.42. The summed E-state index contributed by atoms with van der Waals surface area (Å²) >= 11 is 0. The number of carbonyl (C=O) groups is 1. The second kappa shape index (κ2) is 5.10. The Labute approximate surface area is 136 Å². The second-order valence-electron chi connectivity index (χ2n) is 6.26. The lowest BCUT2D eigenvalue weighted by molar-refractivity contribution is -0.123. The molecule has 2 atom stereocenters. The molecule has 2 aliphatic heterocycles. The second-order valence-corrected chi connectivity index (χ2v) is 6.26. The first-order valence-corrected chi connectivity index (χ1v) is 7.93. The summed E-state index contributed by atoms with van der Waals surface area (Å²) in [4.78, 5) is 15.0. The number of rotatable bonds is 2. The molecule has 2 aliphatic rings. The smallest absolute Gasteiger partial charge is 0.239 e. The summed E-state index contributed by atoms with van der Waals surface area (Å²) in [7, 11) is 3.54. The van der Waals surface area contributed by atoms with E-state index in [9.17, 15) is 4.79 Å². The van der Waals surface area contributed by atoms with Gasteiger partial charge in [-0.25, -0.2) is 0 Å². The fourth-order valence-electron chi connectivity index (χ4n) is 4.12. The molecule has 0 aromatic heterocycles. The average Bonchev–Trinajstić information content (AvgIpc) is 3.13. The van der Waals surface area contributed by atoms with Crippen LogP contribution in [0, 0.1) is 0 Å². The number of anilines is 1. The monoisotopic (exact) mass is 308 g/mol. The minimum atomic E-state index is -0.500. The van der Waals surface area contributed by atoms with Crippen LogP contribution in [-0.2, 0) is 10.2 Å². The molecule has 0 unspecified atom stereocenters. The van der Waals surface area contributed by atoms with Crippen molar-refractivity contribution in [2.45, 2.75) is 17.9 Å². The zero-order chi connectivity index (χ0) is 16.0. The van der Waals surface area contributed by atoms with Crippen LogP contribution in [0.5, 0.6) is 5.75 Å². The molecule has 4 rings (SSSR count). The van der Waals surface area contributed by atoms with Crippen LogP contribution in [0.15, 0.2) is 48.5 Å². The highest BCUT2D eigenvalue weighted by Gasteiger charge is 2.57. The molecule has 2 aromatic carbocycles. The van der Waals surface area contributed by atoms with Gasteiger partial charge < -0.3 is 15.0 Å². The Morgan fingerprint density at radius 2 is 1.91 bits per heavy atom. The summed E-state index contributed by atoms with van der Waals surface area (Å²) in [6.45, 7) is 0.838. The predicted octanol–water partition coefficient (Wildman–Crippen LogP) is 2.64. The molecule has 23 heavy (non-hydrogen) atoms. The number of nitrogens with one attached hydrogen (secondary N) is 1. The molecular weight excluding hydrogens is 288 g/mol. The minimum absolute atomic E-state index is 0.00740. The summed E-state index contributed by atoms with van der Waals surface area (Å²) in [5, 5.41) is 3.55. The van der Waals surface area contributed by atoms with Crippen molar-refractivity contribution < 1.29 is 9.53 Å². The zero-order valence-electron chi connectivity index (χ0n) is 13.4. The van der Waals surface area contributed by atoms with Gasteiger partial charge in [0.1, 0.15) is 5.75 Å². The lowest BCUT2D eigenvalue weighted by Gasteiger charge is -2.30. The minimum Gasteiger partial charge on any atom is -0.497 e. The molecule has 118 valence electrons. The van der Waals surface area contributed by atoms with Crippen molar-refractivity contribution in [3.63, 3.8) is 0 Å². The van der Waals surface area contributed by atoms with Crippen LogP contribution in [0.4, 0.5) is 5.69 Å². The molecule has 0 bridgehead atoms. The maximum Gasteiger partial charge on any atom is 0.239 e. The van der Waals surface area contributed by atoms with Crippen molar-refractivity contribution in [1.82, 2.24) is 5.32 Å². The van der Waals surface area contributed by atoms with Gasteiger partial charge in [0.05, 0.1) is 18.6 Å². The maximum atomic E-state index is 13.2. The third-order valence-electron chi connectivity index (χ3n) is 5.24. The number of hydrogen-bond donors (Lipinski definition) is 1. The van der Waals surface area contributed by atoms with E-state index in [1.807, 2.05) is 37.4 Å². The van der Waals surface area contributed by atoms with Crippen molar-refractivity contribution in [2.24, 2.45) is 0 Å². The lowest BCUT2D eigenvalue weighted by atomic mass is 9.73. The standard InChI is InChI=1S/C19H20N2O2/c1-21-16-6-4-3-5-15(16)19(18(21)22)11-12-20-17(19)13-7-9-14(23-2)10-8-13/h3-10,17,20H,11-12H2,1-2H3/t17-,19-/m0/s1.